The topological polar surface area (TPSA) is 73.9 Å². The number of hydrogen-bond donors (Lipinski definition) is 1. The number of anilines is 1. The summed E-state index contributed by atoms with van der Waals surface area (Å²) in [6, 6.07) is 7.10. The molecule has 28 heavy (non-hydrogen) atoms. The second-order valence-corrected chi connectivity index (χ2v) is 6.21. The quantitative estimate of drug-likeness (QED) is 0.682. The van der Waals surface area contributed by atoms with E-state index in [2.05, 4.69) is 10.1 Å². The Labute approximate surface area is 165 Å². The molecule has 1 N–H and O–H groups in total. The van der Waals surface area contributed by atoms with Crippen LogP contribution in [0.2, 0.25) is 5.02 Å². The molecule has 0 unspecified atom stereocenters. The van der Waals surface area contributed by atoms with Gasteiger partial charge >= 0.3 is 12.6 Å². The number of esters is 1. The van der Waals surface area contributed by atoms with Gasteiger partial charge in [-0.1, -0.05) is 17.7 Å². The van der Waals surface area contributed by atoms with Crippen LogP contribution in [-0.4, -0.2) is 32.2 Å². The zero-order chi connectivity index (χ0) is 20.8. The van der Waals surface area contributed by atoms with E-state index in [-0.39, 0.29) is 17.1 Å². The number of carbonyl (C=O) groups excluding carboxylic acids is 2. The summed E-state index contributed by atoms with van der Waals surface area (Å²) in [6.45, 7) is 0.0704. The minimum Gasteiger partial charge on any atom is -0.493 e. The van der Waals surface area contributed by atoms with Crippen molar-refractivity contribution in [2.75, 3.05) is 19.0 Å². The van der Waals surface area contributed by atoms with Gasteiger partial charge in [0.2, 0.25) is 0 Å². The van der Waals surface area contributed by atoms with E-state index in [1.807, 2.05) is 13.0 Å². The Hall–Kier alpha value is -2.87. The molecule has 9 heteroatoms. The van der Waals surface area contributed by atoms with Gasteiger partial charge < -0.3 is 19.5 Å². The standard InChI is InChI=1S/C19H18ClF2NO5/c1-10-6-11(2)17(13(20)7-10)23-16(24)9-27-18(25)12-4-5-14(28-19(21)22)15(8-12)26-3/h4-8,19H,9H2,1-3H3,(H,23,24). The monoisotopic (exact) mass is 413 g/mol. The fourth-order valence-electron chi connectivity index (χ4n) is 2.45. The lowest BCUT2D eigenvalue weighted by Crippen LogP contribution is -2.21. The first-order valence-electron chi connectivity index (χ1n) is 8.07. The molecule has 2 rings (SSSR count). The second kappa shape index (κ2) is 9.36. The summed E-state index contributed by atoms with van der Waals surface area (Å²) in [5.41, 5.74) is 2.16. The lowest BCUT2D eigenvalue weighted by molar-refractivity contribution is -0.119. The smallest absolute Gasteiger partial charge is 0.387 e. The summed E-state index contributed by atoms with van der Waals surface area (Å²) < 4.78 is 38.8. The molecular weight excluding hydrogens is 396 g/mol. The number of rotatable bonds is 7. The van der Waals surface area contributed by atoms with Crippen molar-refractivity contribution >= 4 is 29.2 Å². The van der Waals surface area contributed by atoms with Crippen molar-refractivity contribution in [3.8, 4) is 11.5 Å². The third-order valence-electron chi connectivity index (χ3n) is 3.65. The zero-order valence-electron chi connectivity index (χ0n) is 15.3. The fraction of sp³-hybridized carbons (Fsp3) is 0.263. The molecule has 0 aromatic heterocycles. The number of amides is 1. The summed E-state index contributed by atoms with van der Waals surface area (Å²) in [7, 11) is 1.24. The van der Waals surface area contributed by atoms with E-state index in [1.54, 1.807) is 13.0 Å². The number of benzene rings is 2. The number of halogens is 3. The van der Waals surface area contributed by atoms with Gasteiger partial charge in [-0.05, 0) is 49.2 Å². The second-order valence-electron chi connectivity index (χ2n) is 5.81. The maximum atomic E-state index is 12.3. The number of ether oxygens (including phenoxy) is 3. The first-order valence-corrected chi connectivity index (χ1v) is 8.45. The van der Waals surface area contributed by atoms with Crippen molar-refractivity contribution in [1.29, 1.82) is 0 Å². The Kier molecular flexibility index (Phi) is 7.17. The van der Waals surface area contributed by atoms with Crippen LogP contribution in [0.5, 0.6) is 11.5 Å². The fourth-order valence-corrected chi connectivity index (χ4v) is 2.82. The highest BCUT2D eigenvalue weighted by molar-refractivity contribution is 6.34. The van der Waals surface area contributed by atoms with Gasteiger partial charge in [0.25, 0.3) is 5.91 Å². The molecule has 0 radical (unpaired) electrons. The molecule has 0 saturated carbocycles. The summed E-state index contributed by atoms with van der Waals surface area (Å²) in [4.78, 5) is 24.2. The van der Waals surface area contributed by atoms with Gasteiger partial charge in [0, 0.05) is 0 Å². The summed E-state index contributed by atoms with van der Waals surface area (Å²) >= 11 is 6.12. The summed E-state index contributed by atoms with van der Waals surface area (Å²) in [5.74, 6) is -1.70. The van der Waals surface area contributed by atoms with Crippen molar-refractivity contribution < 1.29 is 32.6 Å². The Morgan fingerprint density at radius 1 is 1.14 bits per heavy atom. The van der Waals surface area contributed by atoms with Crippen molar-refractivity contribution in [1.82, 2.24) is 0 Å². The number of hydrogen-bond acceptors (Lipinski definition) is 5. The van der Waals surface area contributed by atoms with Gasteiger partial charge in [0.15, 0.2) is 18.1 Å². The number of aryl methyl sites for hydroxylation is 2. The highest BCUT2D eigenvalue weighted by Gasteiger charge is 2.17. The zero-order valence-corrected chi connectivity index (χ0v) is 16.1. The molecule has 6 nitrogen and oxygen atoms in total. The molecule has 1 amide bonds. The summed E-state index contributed by atoms with van der Waals surface area (Å²) in [5, 5.41) is 2.96. The molecular formula is C19H18ClF2NO5. The van der Waals surface area contributed by atoms with Crippen LogP contribution in [0, 0.1) is 13.8 Å². The number of alkyl halides is 2. The molecule has 0 spiro atoms. The van der Waals surface area contributed by atoms with E-state index in [1.165, 1.54) is 19.2 Å². The van der Waals surface area contributed by atoms with Crippen molar-refractivity contribution in [3.05, 3.63) is 52.0 Å². The molecule has 0 saturated heterocycles. The highest BCUT2D eigenvalue weighted by Crippen LogP contribution is 2.30. The minimum absolute atomic E-state index is 0.0100. The number of carbonyl (C=O) groups is 2. The van der Waals surface area contributed by atoms with Crippen molar-refractivity contribution in [3.63, 3.8) is 0 Å². The van der Waals surface area contributed by atoms with E-state index in [0.29, 0.717) is 10.7 Å². The largest absolute Gasteiger partial charge is 0.493 e. The Bertz CT molecular complexity index is 866. The molecule has 2 aromatic rings. The maximum Gasteiger partial charge on any atom is 0.387 e. The maximum absolute atomic E-state index is 12.3. The minimum atomic E-state index is -3.03. The lowest BCUT2D eigenvalue weighted by atomic mass is 10.1. The van der Waals surface area contributed by atoms with Gasteiger partial charge in [0.05, 0.1) is 23.4 Å². The molecule has 0 bridgehead atoms. The average molecular weight is 414 g/mol. The SMILES string of the molecule is COc1cc(C(=O)OCC(=O)Nc2c(C)cc(C)cc2Cl)ccc1OC(F)F. The summed E-state index contributed by atoms with van der Waals surface area (Å²) in [6.07, 6.45) is 0. The molecule has 0 aliphatic heterocycles. The van der Waals surface area contributed by atoms with Crippen LogP contribution in [0.3, 0.4) is 0 Å². The third kappa shape index (κ3) is 5.56. The van der Waals surface area contributed by atoms with Crippen molar-refractivity contribution in [2.24, 2.45) is 0 Å². The normalized spacial score (nSPS) is 10.5. The van der Waals surface area contributed by atoms with Gasteiger partial charge in [0.1, 0.15) is 0 Å². The average Bonchev–Trinajstić information content (AvgIpc) is 2.62. The Morgan fingerprint density at radius 3 is 2.46 bits per heavy atom. The van der Waals surface area contributed by atoms with Crippen LogP contribution in [0.15, 0.2) is 30.3 Å². The molecule has 150 valence electrons. The van der Waals surface area contributed by atoms with Crippen LogP contribution >= 0.6 is 11.6 Å². The van der Waals surface area contributed by atoms with Crippen LogP contribution in [0.4, 0.5) is 14.5 Å². The van der Waals surface area contributed by atoms with Gasteiger partial charge in [-0.25, -0.2) is 4.79 Å². The molecule has 0 aliphatic rings. The number of methoxy groups -OCH3 is 1. The highest BCUT2D eigenvalue weighted by atomic mass is 35.5. The Balaban J connectivity index is 2.01. The van der Waals surface area contributed by atoms with Gasteiger partial charge in [-0.2, -0.15) is 8.78 Å². The van der Waals surface area contributed by atoms with Crippen molar-refractivity contribution in [2.45, 2.75) is 20.5 Å². The Morgan fingerprint density at radius 2 is 1.86 bits per heavy atom. The van der Waals surface area contributed by atoms with E-state index < -0.39 is 25.1 Å². The predicted octanol–water partition coefficient (Wildman–Crippen LogP) is 4.36. The predicted molar refractivity (Wildman–Crippen MR) is 99.5 cm³/mol. The van der Waals surface area contributed by atoms with E-state index >= 15 is 0 Å². The van der Waals surface area contributed by atoms with E-state index in [9.17, 15) is 18.4 Å². The molecule has 0 heterocycles. The van der Waals surface area contributed by atoms with Crippen LogP contribution in [0.25, 0.3) is 0 Å². The van der Waals surface area contributed by atoms with Crippen LogP contribution in [0.1, 0.15) is 21.5 Å². The molecule has 0 aliphatic carbocycles. The van der Waals surface area contributed by atoms with Crippen LogP contribution < -0.4 is 14.8 Å². The van der Waals surface area contributed by atoms with Gasteiger partial charge in [-0.3, -0.25) is 4.79 Å². The first-order chi connectivity index (χ1) is 13.2. The van der Waals surface area contributed by atoms with E-state index in [4.69, 9.17) is 21.1 Å². The molecule has 0 atom stereocenters. The van der Waals surface area contributed by atoms with E-state index in [0.717, 1.165) is 17.2 Å². The third-order valence-corrected chi connectivity index (χ3v) is 3.94. The molecule has 2 aromatic carbocycles. The molecule has 0 fully saturated rings. The lowest BCUT2D eigenvalue weighted by Gasteiger charge is -2.13. The number of nitrogens with one attached hydrogen (secondary N) is 1. The van der Waals surface area contributed by atoms with Crippen LogP contribution in [-0.2, 0) is 9.53 Å². The van der Waals surface area contributed by atoms with Gasteiger partial charge in [-0.15, -0.1) is 0 Å². The first kappa shape index (κ1) is 21.4.